The molecule has 0 aliphatic carbocycles. The highest BCUT2D eigenvalue weighted by Gasteiger charge is 2.16. The Morgan fingerprint density at radius 2 is 1.89 bits per heavy atom. The van der Waals surface area contributed by atoms with Crippen molar-refractivity contribution in [2.75, 3.05) is 14.2 Å². The van der Waals surface area contributed by atoms with E-state index < -0.39 is 5.97 Å². The van der Waals surface area contributed by atoms with Crippen molar-refractivity contribution < 1.29 is 19.4 Å². The molecule has 7 heteroatoms. The summed E-state index contributed by atoms with van der Waals surface area (Å²) in [4.78, 5) is 27.3. The summed E-state index contributed by atoms with van der Waals surface area (Å²) in [6, 6.07) is 5.24. The van der Waals surface area contributed by atoms with Gasteiger partial charge in [-0.15, -0.1) is 0 Å². The highest BCUT2D eigenvalue weighted by molar-refractivity contribution is 5.97. The summed E-state index contributed by atoms with van der Waals surface area (Å²) in [7, 11) is 4.71. The highest BCUT2D eigenvalue weighted by atomic mass is 16.5. The molecule has 0 saturated carbocycles. The summed E-state index contributed by atoms with van der Waals surface area (Å²) < 4.78 is 12.4. The molecule has 7 nitrogen and oxygen atoms in total. The monoisotopic (exact) mass is 366 g/mol. The maximum absolute atomic E-state index is 12.4. The van der Waals surface area contributed by atoms with Crippen molar-refractivity contribution >= 4 is 22.8 Å². The first-order valence-electron chi connectivity index (χ1n) is 8.07. The topological polar surface area (TPSA) is 90.7 Å². The Morgan fingerprint density at radius 3 is 2.56 bits per heavy atom. The number of hydrogen-bond donors (Lipinski definition) is 1. The van der Waals surface area contributed by atoms with Gasteiger partial charge in [0.2, 0.25) is 0 Å². The largest absolute Gasteiger partial charge is 0.496 e. The molecule has 0 aliphatic heterocycles. The van der Waals surface area contributed by atoms with E-state index in [9.17, 15) is 9.59 Å². The Bertz CT molecular complexity index is 1120. The fourth-order valence-corrected chi connectivity index (χ4v) is 2.95. The van der Waals surface area contributed by atoms with Gasteiger partial charge in [-0.3, -0.25) is 9.78 Å². The van der Waals surface area contributed by atoms with Crippen LogP contribution in [0.3, 0.4) is 0 Å². The lowest BCUT2D eigenvalue weighted by atomic mass is 9.98. The van der Waals surface area contributed by atoms with Crippen LogP contribution in [0.1, 0.15) is 5.56 Å². The van der Waals surface area contributed by atoms with Crippen LogP contribution in [-0.4, -0.2) is 34.8 Å². The number of nitrogens with zero attached hydrogens (tertiary/aromatic N) is 2. The number of hydrogen-bond acceptors (Lipinski definition) is 5. The molecule has 0 amide bonds. The fraction of sp³-hybridized carbons (Fsp3) is 0.150. The Labute approximate surface area is 155 Å². The standard InChI is InChI=1S/C20H18N2O5/c1-22-11-16(13-6-7-21-10-15(13)20(22)25)14-9-17(26-2)12(4-5-19(23)24)8-18(14)27-3/h4-11H,1-3H3,(H,23,24)/b5-4+. The van der Waals surface area contributed by atoms with Crippen LogP contribution < -0.4 is 15.0 Å². The first kappa shape index (κ1) is 18.2. The van der Waals surface area contributed by atoms with Gasteiger partial charge >= 0.3 is 5.97 Å². The molecule has 3 rings (SSSR count). The van der Waals surface area contributed by atoms with E-state index >= 15 is 0 Å². The van der Waals surface area contributed by atoms with Crippen molar-refractivity contribution in [3.63, 3.8) is 0 Å². The second-order valence-electron chi connectivity index (χ2n) is 5.85. The molecule has 0 atom stereocenters. The first-order valence-corrected chi connectivity index (χ1v) is 8.07. The molecule has 1 N–H and O–H groups in total. The van der Waals surface area contributed by atoms with Gasteiger partial charge < -0.3 is 19.1 Å². The van der Waals surface area contributed by atoms with Gasteiger partial charge in [-0.2, -0.15) is 0 Å². The fourth-order valence-electron chi connectivity index (χ4n) is 2.95. The number of rotatable bonds is 5. The van der Waals surface area contributed by atoms with E-state index in [4.69, 9.17) is 14.6 Å². The summed E-state index contributed by atoms with van der Waals surface area (Å²) in [5.74, 6) is -0.0476. The molecule has 0 spiro atoms. The summed E-state index contributed by atoms with van der Waals surface area (Å²) in [6.45, 7) is 0. The lowest BCUT2D eigenvalue weighted by Gasteiger charge is -2.16. The van der Waals surface area contributed by atoms with Crippen molar-refractivity contribution in [3.05, 3.63) is 58.8 Å². The van der Waals surface area contributed by atoms with E-state index in [1.54, 1.807) is 37.6 Å². The Kier molecular flexibility index (Phi) is 4.94. The molecule has 3 aromatic rings. The Balaban J connectivity index is 2.32. The molecule has 0 unspecified atom stereocenters. The molecule has 0 saturated heterocycles. The molecule has 1 aromatic carbocycles. The lowest BCUT2D eigenvalue weighted by Crippen LogP contribution is -2.16. The molecule has 0 fully saturated rings. The van der Waals surface area contributed by atoms with E-state index in [-0.39, 0.29) is 5.56 Å². The number of methoxy groups -OCH3 is 2. The van der Waals surface area contributed by atoms with Gasteiger partial charge in [0.25, 0.3) is 5.56 Å². The zero-order valence-electron chi connectivity index (χ0n) is 15.1. The number of aliphatic carboxylic acids is 1. The molecule has 0 aliphatic rings. The molecule has 2 heterocycles. The third kappa shape index (κ3) is 3.39. The predicted octanol–water partition coefficient (Wildman–Crippen LogP) is 2.72. The van der Waals surface area contributed by atoms with Crippen LogP contribution in [-0.2, 0) is 11.8 Å². The van der Waals surface area contributed by atoms with Crippen LogP contribution in [0.4, 0.5) is 0 Å². The third-order valence-electron chi connectivity index (χ3n) is 4.23. The number of ether oxygens (including phenoxy) is 2. The van der Waals surface area contributed by atoms with Crippen molar-refractivity contribution in [2.24, 2.45) is 7.05 Å². The van der Waals surface area contributed by atoms with Crippen LogP contribution in [0.2, 0.25) is 0 Å². The second kappa shape index (κ2) is 7.33. The SMILES string of the molecule is COc1cc(-c2cn(C)c(=O)c3cnccc23)c(OC)cc1/C=C/C(=O)O. The number of carboxylic acid groups (broad SMARTS) is 1. The van der Waals surface area contributed by atoms with E-state index in [0.717, 1.165) is 17.0 Å². The minimum atomic E-state index is -1.06. The smallest absolute Gasteiger partial charge is 0.328 e. The maximum atomic E-state index is 12.4. The minimum Gasteiger partial charge on any atom is -0.496 e. The van der Waals surface area contributed by atoms with E-state index in [1.165, 1.54) is 31.1 Å². The number of fused-ring (bicyclic) bond motifs is 1. The third-order valence-corrected chi connectivity index (χ3v) is 4.23. The molecule has 0 bridgehead atoms. The first-order chi connectivity index (χ1) is 13.0. The van der Waals surface area contributed by atoms with Gasteiger partial charge in [0.05, 0.1) is 19.6 Å². The zero-order chi connectivity index (χ0) is 19.6. The Hall–Kier alpha value is -3.61. The van der Waals surface area contributed by atoms with Crippen LogP contribution in [0.5, 0.6) is 11.5 Å². The summed E-state index contributed by atoms with van der Waals surface area (Å²) in [5, 5.41) is 10.1. The van der Waals surface area contributed by atoms with Gasteiger partial charge in [-0.25, -0.2) is 4.79 Å². The quantitative estimate of drug-likeness (QED) is 0.698. The van der Waals surface area contributed by atoms with Gasteiger partial charge in [-0.1, -0.05) is 0 Å². The predicted molar refractivity (Wildman–Crippen MR) is 102 cm³/mol. The number of benzene rings is 1. The number of pyridine rings is 2. The van der Waals surface area contributed by atoms with Crippen molar-refractivity contribution in [1.29, 1.82) is 0 Å². The van der Waals surface area contributed by atoms with Crippen LogP contribution in [0.15, 0.2) is 47.7 Å². The van der Waals surface area contributed by atoms with Gasteiger partial charge in [0, 0.05) is 48.4 Å². The number of carbonyl (C=O) groups is 1. The minimum absolute atomic E-state index is 0.145. The zero-order valence-corrected chi connectivity index (χ0v) is 15.1. The van der Waals surface area contributed by atoms with Gasteiger partial charge in [-0.05, 0) is 29.7 Å². The van der Waals surface area contributed by atoms with Gasteiger partial charge in [0.15, 0.2) is 0 Å². The molecular formula is C20H18N2O5. The molecule has 138 valence electrons. The van der Waals surface area contributed by atoms with Crippen LogP contribution in [0.25, 0.3) is 28.0 Å². The molecular weight excluding hydrogens is 348 g/mol. The molecule has 2 aromatic heterocycles. The van der Waals surface area contributed by atoms with Crippen LogP contribution in [0, 0.1) is 0 Å². The Morgan fingerprint density at radius 1 is 1.15 bits per heavy atom. The van der Waals surface area contributed by atoms with E-state index in [1.807, 2.05) is 0 Å². The maximum Gasteiger partial charge on any atom is 0.328 e. The molecule has 27 heavy (non-hydrogen) atoms. The van der Waals surface area contributed by atoms with Crippen molar-refractivity contribution in [1.82, 2.24) is 9.55 Å². The lowest BCUT2D eigenvalue weighted by molar-refractivity contribution is -0.131. The molecule has 0 radical (unpaired) electrons. The van der Waals surface area contributed by atoms with Crippen molar-refractivity contribution in [3.8, 4) is 22.6 Å². The van der Waals surface area contributed by atoms with Crippen LogP contribution >= 0.6 is 0 Å². The number of aromatic nitrogens is 2. The number of aryl methyl sites for hydroxylation is 1. The average molecular weight is 366 g/mol. The number of carboxylic acids is 1. The van der Waals surface area contributed by atoms with E-state index in [0.29, 0.717) is 28.0 Å². The second-order valence-corrected chi connectivity index (χ2v) is 5.85. The van der Waals surface area contributed by atoms with E-state index in [2.05, 4.69) is 4.98 Å². The van der Waals surface area contributed by atoms with Gasteiger partial charge in [0.1, 0.15) is 11.5 Å². The summed E-state index contributed by atoms with van der Waals surface area (Å²) >= 11 is 0. The highest BCUT2D eigenvalue weighted by Crippen LogP contribution is 2.39. The summed E-state index contributed by atoms with van der Waals surface area (Å²) in [6.07, 6.45) is 7.36. The average Bonchev–Trinajstić information content (AvgIpc) is 2.68. The summed E-state index contributed by atoms with van der Waals surface area (Å²) in [5.41, 5.74) is 1.91. The normalized spacial score (nSPS) is 11.1. The van der Waals surface area contributed by atoms with Crippen molar-refractivity contribution in [2.45, 2.75) is 0 Å².